The number of fused-ring (bicyclic) bond motifs is 3. The zero-order valence-electron chi connectivity index (χ0n) is 10.9. The van der Waals surface area contributed by atoms with Crippen LogP contribution in [0, 0.1) is 0 Å². The highest BCUT2D eigenvalue weighted by molar-refractivity contribution is 7.17. The van der Waals surface area contributed by atoms with Gasteiger partial charge in [0.2, 0.25) is 5.95 Å². The van der Waals surface area contributed by atoms with Crippen molar-refractivity contribution in [3.05, 3.63) is 27.9 Å². The van der Waals surface area contributed by atoms with Crippen molar-refractivity contribution in [1.29, 1.82) is 0 Å². The molecule has 0 fully saturated rings. The van der Waals surface area contributed by atoms with Crippen molar-refractivity contribution in [2.45, 2.75) is 6.54 Å². The summed E-state index contributed by atoms with van der Waals surface area (Å²) < 4.78 is 3.71. The fourth-order valence-corrected chi connectivity index (χ4v) is 2.96. The fourth-order valence-electron chi connectivity index (χ4n) is 2.15. The minimum atomic E-state index is -1.10. The first-order chi connectivity index (χ1) is 9.49. The lowest BCUT2D eigenvalue weighted by atomic mass is 10.5. The maximum absolute atomic E-state index is 12.3. The Balaban J connectivity index is 2.44. The van der Waals surface area contributed by atoms with Gasteiger partial charge in [-0.3, -0.25) is 14.0 Å². The molecule has 0 unspecified atom stereocenters. The summed E-state index contributed by atoms with van der Waals surface area (Å²) in [6.45, 7) is -0.449. The lowest BCUT2D eigenvalue weighted by Gasteiger charge is -2.15. The van der Waals surface area contributed by atoms with Crippen LogP contribution in [0.1, 0.15) is 0 Å². The normalized spacial score (nSPS) is 11.3. The molecule has 0 amide bonds. The van der Waals surface area contributed by atoms with Crippen molar-refractivity contribution in [3.63, 3.8) is 0 Å². The van der Waals surface area contributed by atoms with Crippen LogP contribution >= 0.6 is 11.3 Å². The molecule has 0 saturated heterocycles. The van der Waals surface area contributed by atoms with Crippen LogP contribution in [0.3, 0.4) is 0 Å². The predicted molar refractivity (Wildman–Crippen MR) is 76.8 cm³/mol. The van der Waals surface area contributed by atoms with Crippen molar-refractivity contribution in [1.82, 2.24) is 14.2 Å². The Morgan fingerprint density at radius 2 is 2.20 bits per heavy atom. The number of hydrogen-bond donors (Lipinski definition) is 1. The number of hydrogen-bond acceptors (Lipinski definition) is 5. The number of carboxylic acids is 1. The lowest BCUT2D eigenvalue weighted by Crippen LogP contribution is -2.31. The number of nitrogens with zero attached hydrogens (tertiary/aromatic N) is 4. The van der Waals surface area contributed by atoms with Crippen molar-refractivity contribution in [2.24, 2.45) is 0 Å². The third-order valence-corrected chi connectivity index (χ3v) is 3.82. The highest BCUT2D eigenvalue weighted by atomic mass is 32.1. The molecule has 20 heavy (non-hydrogen) atoms. The van der Waals surface area contributed by atoms with E-state index in [1.165, 1.54) is 11.3 Å². The molecular weight excluding hydrogens is 280 g/mol. The van der Waals surface area contributed by atoms with E-state index < -0.39 is 18.1 Å². The Labute approximate surface area is 117 Å². The van der Waals surface area contributed by atoms with Crippen LogP contribution in [0.2, 0.25) is 0 Å². The van der Waals surface area contributed by atoms with Gasteiger partial charge in [-0.2, -0.15) is 0 Å². The molecule has 0 atom stereocenters. The van der Waals surface area contributed by atoms with E-state index in [1.54, 1.807) is 29.5 Å². The molecule has 0 aromatic carbocycles. The molecule has 104 valence electrons. The summed E-state index contributed by atoms with van der Waals surface area (Å²) in [4.78, 5) is 24.9. The zero-order chi connectivity index (χ0) is 14.4. The number of carboxylic acid groups (broad SMARTS) is 1. The monoisotopic (exact) mass is 292 g/mol. The molecule has 0 radical (unpaired) electrons. The number of anilines is 1. The van der Waals surface area contributed by atoms with Gasteiger partial charge in [-0.15, -0.1) is 16.4 Å². The predicted octanol–water partition coefficient (Wildman–Crippen LogP) is 0.861. The SMILES string of the molecule is CN(C)c1nn(CC(=O)O)c(=O)c2cc3sccc3n12. The fraction of sp³-hybridized carbons (Fsp3) is 0.250. The Hall–Kier alpha value is -2.35. The van der Waals surface area contributed by atoms with Crippen LogP contribution in [0.5, 0.6) is 0 Å². The van der Waals surface area contributed by atoms with Crippen molar-refractivity contribution < 1.29 is 9.90 Å². The standard InChI is InChI=1S/C12H12N4O3S/c1-14(2)12-13-15(6-10(17)18)11(19)8-5-9-7(16(8)12)3-4-20-9/h3-5H,6H2,1-2H3,(H,17,18). The summed E-state index contributed by atoms with van der Waals surface area (Å²) in [5, 5.41) is 15.0. The van der Waals surface area contributed by atoms with E-state index >= 15 is 0 Å². The summed E-state index contributed by atoms with van der Waals surface area (Å²) in [5.74, 6) is -0.573. The van der Waals surface area contributed by atoms with Gasteiger partial charge in [-0.1, -0.05) is 0 Å². The molecule has 0 saturated carbocycles. The summed E-state index contributed by atoms with van der Waals surface area (Å²) in [6, 6.07) is 3.69. The van der Waals surface area contributed by atoms with Gasteiger partial charge in [0.05, 0.1) is 10.2 Å². The van der Waals surface area contributed by atoms with E-state index in [-0.39, 0.29) is 0 Å². The molecule has 3 aromatic rings. The van der Waals surface area contributed by atoms with Crippen LogP contribution in [-0.4, -0.2) is 39.4 Å². The van der Waals surface area contributed by atoms with E-state index in [4.69, 9.17) is 5.11 Å². The third kappa shape index (κ3) is 1.76. The molecule has 0 aliphatic carbocycles. The number of carbonyl (C=O) groups is 1. The summed E-state index contributed by atoms with van der Waals surface area (Å²) in [5.41, 5.74) is 0.939. The quantitative estimate of drug-likeness (QED) is 0.774. The van der Waals surface area contributed by atoms with Gasteiger partial charge in [0.25, 0.3) is 5.56 Å². The first-order valence-corrected chi connectivity index (χ1v) is 6.76. The molecule has 7 nitrogen and oxygen atoms in total. The molecule has 0 spiro atoms. The summed E-state index contributed by atoms with van der Waals surface area (Å²) in [6.07, 6.45) is 0. The number of rotatable bonds is 3. The van der Waals surface area contributed by atoms with Crippen LogP contribution in [0.15, 0.2) is 22.3 Å². The Kier molecular flexibility index (Phi) is 2.75. The second-order valence-corrected chi connectivity index (χ2v) is 5.53. The van der Waals surface area contributed by atoms with Gasteiger partial charge in [0, 0.05) is 14.1 Å². The van der Waals surface area contributed by atoms with Crippen molar-refractivity contribution in [2.75, 3.05) is 19.0 Å². The van der Waals surface area contributed by atoms with Gasteiger partial charge in [-0.05, 0) is 17.5 Å². The Morgan fingerprint density at radius 1 is 1.45 bits per heavy atom. The molecule has 3 rings (SSSR count). The molecule has 3 heterocycles. The van der Waals surface area contributed by atoms with E-state index in [9.17, 15) is 9.59 Å². The van der Waals surface area contributed by atoms with E-state index in [2.05, 4.69) is 5.10 Å². The second-order valence-electron chi connectivity index (χ2n) is 4.59. The molecule has 0 aliphatic rings. The molecule has 1 N–H and O–H groups in total. The van der Waals surface area contributed by atoms with Gasteiger partial charge < -0.3 is 10.0 Å². The van der Waals surface area contributed by atoms with Crippen LogP contribution in [-0.2, 0) is 11.3 Å². The minimum Gasteiger partial charge on any atom is -0.480 e. The summed E-state index contributed by atoms with van der Waals surface area (Å²) in [7, 11) is 3.60. The van der Waals surface area contributed by atoms with Crippen LogP contribution < -0.4 is 10.5 Å². The van der Waals surface area contributed by atoms with Gasteiger partial charge in [0.1, 0.15) is 12.1 Å². The van der Waals surface area contributed by atoms with Crippen LogP contribution in [0.4, 0.5) is 5.95 Å². The number of aromatic nitrogens is 3. The zero-order valence-corrected chi connectivity index (χ0v) is 11.7. The third-order valence-electron chi connectivity index (χ3n) is 2.97. The topological polar surface area (TPSA) is 79.8 Å². The van der Waals surface area contributed by atoms with E-state index in [0.29, 0.717) is 11.5 Å². The van der Waals surface area contributed by atoms with Gasteiger partial charge in [0.15, 0.2) is 0 Å². The van der Waals surface area contributed by atoms with E-state index in [1.807, 2.05) is 11.4 Å². The van der Waals surface area contributed by atoms with Gasteiger partial charge in [-0.25, -0.2) is 4.68 Å². The first-order valence-electron chi connectivity index (χ1n) is 5.88. The van der Waals surface area contributed by atoms with Crippen molar-refractivity contribution in [3.8, 4) is 0 Å². The molecular formula is C12H12N4O3S. The average molecular weight is 292 g/mol. The number of thiophene rings is 1. The Bertz CT molecular complexity index is 874. The average Bonchev–Trinajstić information content (AvgIpc) is 2.92. The van der Waals surface area contributed by atoms with E-state index in [0.717, 1.165) is 14.9 Å². The molecule has 8 heteroatoms. The molecule has 0 bridgehead atoms. The molecule has 3 aromatic heterocycles. The molecule has 0 aliphatic heterocycles. The summed E-state index contributed by atoms with van der Waals surface area (Å²) >= 11 is 1.53. The second kappa shape index (κ2) is 4.34. The maximum atomic E-state index is 12.3. The first kappa shape index (κ1) is 12.7. The Morgan fingerprint density at radius 3 is 2.85 bits per heavy atom. The maximum Gasteiger partial charge on any atom is 0.325 e. The van der Waals surface area contributed by atoms with Crippen LogP contribution in [0.25, 0.3) is 15.7 Å². The van der Waals surface area contributed by atoms with Crippen molar-refractivity contribution >= 4 is 39.0 Å². The highest BCUT2D eigenvalue weighted by Gasteiger charge is 2.17. The lowest BCUT2D eigenvalue weighted by molar-refractivity contribution is -0.137. The number of aliphatic carboxylic acids is 1. The smallest absolute Gasteiger partial charge is 0.325 e. The van der Waals surface area contributed by atoms with Gasteiger partial charge >= 0.3 is 5.97 Å². The largest absolute Gasteiger partial charge is 0.480 e. The highest BCUT2D eigenvalue weighted by Crippen LogP contribution is 2.26. The minimum absolute atomic E-state index is 0.401.